The van der Waals surface area contributed by atoms with E-state index in [1.165, 1.54) is 11.9 Å². The van der Waals surface area contributed by atoms with Crippen LogP contribution in [0, 0.1) is 0 Å². The highest BCUT2D eigenvalue weighted by molar-refractivity contribution is 5.51. The molecular formula is C26H32N10O2. The molecule has 12 nitrogen and oxygen atoms in total. The van der Waals surface area contributed by atoms with Crippen LogP contribution in [-0.2, 0) is 22.9 Å². The van der Waals surface area contributed by atoms with Crippen molar-refractivity contribution in [2.24, 2.45) is 7.05 Å². The van der Waals surface area contributed by atoms with E-state index in [1.54, 1.807) is 10.9 Å². The largest absolute Gasteiger partial charge is 0.377 e. The van der Waals surface area contributed by atoms with E-state index in [9.17, 15) is 0 Å². The van der Waals surface area contributed by atoms with Gasteiger partial charge in [0.2, 0.25) is 17.8 Å². The normalized spacial score (nSPS) is 15.5. The van der Waals surface area contributed by atoms with Gasteiger partial charge in [-0.15, -0.1) is 0 Å². The van der Waals surface area contributed by atoms with E-state index in [-0.39, 0.29) is 0 Å². The number of hydrogen-bond donors (Lipinski definition) is 1. The van der Waals surface area contributed by atoms with Crippen LogP contribution in [0.3, 0.4) is 0 Å². The Labute approximate surface area is 221 Å². The highest BCUT2D eigenvalue weighted by atomic mass is 16.6. The number of benzene rings is 1. The average Bonchev–Trinajstić information content (AvgIpc) is 3.40. The molecule has 2 saturated heterocycles. The molecule has 0 saturated carbocycles. The molecule has 0 atom stereocenters. The fraction of sp³-hybridized carbons (Fsp3) is 0.385. The van der Waals surface area contributed by atoms with Gasteiger partial charge in [-0.1, -0.05) is 30.3 Å². The summed E-state index contributed by atoms with van der Waals surface area (Å²) in [7, 11) is 1.87. The van der Waals surface area contributed by atoms with Crippen molar-refractivity contribution >= 4 is 23.5 Å². The first-order valence-corrected chi connectivity index (χ1v) is 12.7. The lowest BCUT2D eigenvalue weighted by Crippen LogP contribution is -2.47. The van der Waals surface area contributed by atoms with Gasteiger partial charge in [-0.2, -0.15) is 10.1 Å². The summed E-state index contributed by atoms with van der Waals surface area (Å²) in [4.78, 5) is 26.7. The first-order chi connectivity index (χ1) is 18.7. The molecule has 38 heavy (non-hydrogen) atoms. The van der Waals surface area contributed by atoms with Crippen molar-refractivity contribution in [3.05, 3.63) is 72.6 Å². The maximum Gasteiger partial charge on any atom is 0.232 e. The lowest BCUT2D eigenvalue weighted by molar-refractivity contribution is -0.0334. The van der Waals surface area contributed by atoms with Crippen molar-refractivity contribution in [2.45, 2.75) is 6.42 Å². The van der Waals surface area contributed by atoms with Crippen LogP contribution < -0.4 is 15.1 Å². The fourth-order valence-electron chi connectivity index (χ4n) is 4.10. The van der Waals surface area contributed by atoms with Gasteiger partial charge in [-0.25, -0.2) is 19.9 Å². The van der Waals surface area contributed by atoms with Crippen LogP contribution in [0.2, 0.25) is 0 Å². The maximum absolute atomic E-state index is 4.94. The summed E-state index contributed by atoms with van der Waals surface area (Å²) in [6.45, 7) is 6.28. The molecule has 0 radical (unpaired) electrons. The number of aromatic nitrogens is 7. The zero-order chi connectivity index (χ0) is 26.0. The molecule has 0 bridgehead atoms. The molecule has 4 aromatic rings. The van der Waals surface area contributed by atoms with Gasteiger partial charge in [0.15, 0.2) is 0 Å². The van der Waals surface area contributed by atoms with E-state index in [1.807, 2.05) is 31.7 Å². The minimum Gasteiger partial charge on any atom is -0.377 e. The summed E-state index contributed by atoms with van der Waals surface area (Å²) in [6.07, 6.45) is 9.81. The molecule has 12 heteroatoms. The lowest BCUT2D eigenvalue weighted by Gasteiger charge is -2.34. The molecule has 5 heterocycles. The minimum atomic E-state index is 0.503. The quantitative estimate of drug-likeness (QED) is 0.406. The van der Waals surface area contributed by atoms with Crippen LogP contribution >= 0.6 is 0 Å². The number of aryl methyl sites for hydroxylation is 1. The minimum absolute atomic E-state index is 0.503. The number of rotatable bonds is 6. The van der Waals surface area contributed by atoms with E-state index in [0.717, 1.165) is 76.2 Å². The smallest absolute Gasteiger partial charge is 0.232 e. The van der Waals surface area contributed by atoms with Crippen molar-refractivity contribution in [3.63, 3.8) is 0 Å². The Balaban J connectivity index is 0.000000433. The number of nitrogens with zero attached hydrogens (tertiary/aromatic N) is 9. The van der Waals surface area contributed by atoms with E-state index in [4.69, 9.17) is 9.47 Å². The Bertz CT molecular complexity index is 1250. The van der Waals surface area contributed by atoms with E-state index in [0.29, 0.717) is 11.9 Å². The Morgan fingerprint density at radius 2 is 1.42 bits per heavy atom. The van der Waals surface area contributed by atoms with E-state index in [2.05, 4.69) is 69.4 Å². The Morgan fingerprint density at radius 3 is 2.03 bits per heavy atom. The molecule has 6 rings (SSSR count). The van der Waals surface area contributed by atoms with Crippen molar-refractivity contribution in [1.29, 1.82) is 0 Å². The summed E-state index contributed by atoms with van der Waals surface area (Å²) in [6, 6.07) is 10.4. The van der Waals surface area contributed by atoms with Gasteiger partial charge in [0.25, 0.3) is 0 Å². The van der Waals surface area contributed by atoms with Crippen LogP contribution in [0.5, 0.6) is 0 Å². The standard InChI is InChI=1S/C22H24N10.C4H8O2/c1-30-15-19(14-27-30)28-20-25-16-26-22(29-20)32-9-7-31(8-10-32)21-23-12-18(13-24-21)11-17-5-3-2-4-6-17;1-2-6-4-3-5-1/h2-6,12-16H,7-11H2,1H3,(H,25,26,28,29);1-4H2. The highest BCUT2D eigenvalue weighted by Crippen LogP contribution is 2.17. The second kappa shape index (κ2) is 12.9. The van der Waals surface area contributed by atoms with Crippen molar-refractivity contribution in [3.8, 4) is 0 Å². The Morgan fingerprint density at radius 1 is 0.763 bits per heavy atom. The molecule has 2 aliphatic heterocycles. The van der Waals surface area contributed by atoms with Crippen LogP contribution in [0.1, 0.15) is 11.1 Å². The summed E-state index contributed by atoms with van der Waals surface area (Å²) >= 11 is 0. The van der Waals surface area contributed by atoms with Gasteiger partial charge in [-0.3, -0.25) is 4.68 Å². The highest BCUT2D eigenvalue weighted by Gasteiger charge is 2.21. The van der Waals surface area contributed by atoms with Crippen molar-refractivity contribution in [1.82, 2.24) is 34.7 Å². The van der Waals surface area contributed by atoms with Gasteiger partial charge in [0.1, 0.15) is 6.33 Å². The van der Waals surface area contributed by atoms with Crippen LogP contribution in [0.15, 0.2) is 61.4 Å². The second-order valence-electron chi connectivity index (χ2n) is 8.89. The maximum atomic E-state index is 4.94. The monoisotopic (exact) mass is 516 g/mol. The topological polar surface area (TPSA) is 119 Å². The molecular weight excluding hydrogens is 484 g/mol. The summed E-state index contributed by atoms with van der Waals surface area (Å²) in [5.74, 6) is 1.92. The average molecular weight is 517 g/mol. The molecule has 0 aliphatic carbocycles. The Hall–Kier alpha value is -4.16. The van der Waals surface area contributed by atoms with Gasteiger partial charge in [0.05, 0.1) is 38.3 Å². The van der Waals surface area contributed by atoms with Crippen molar-refractivity contribution in [2.75, 3.05) is 67.7 Å². The predicted octanol–water partition coefficient (Wildman–Crippen LogP) is 2.09. The number of piperazine rings is 1. The molecule has 2 fully saturated rings. The summed E-state index contributed by atoms with van der Waals surface area (Å²) in [5, 5.41) is 7.30. The van der Waals surface area contributed by atoms with E-state index >= 15 is 0 Å². The molecule has 2 aliphatic rings. The van der Waals surface area contributed by atoms with Crippen LogP contribution in [0.25, 0.3) is 0 Å². The third-order valence-corrected chi connectivity index (χ3v) is 6.05. The SMILES string of the molecule is C1COCCO1.Cn1cc(Nc2ncnc(N3CCN(c4ncc(Cc5ccccc5)cn4)CC3)n2)cn1. The summed E-state index contributed by atoms with van der Waals surface area (Å²) in [5.41, 5.74) is 3.20. The third-order valence-electron chi connectivity index (χ3n) is 6.05. The zero-order valence-electron chi connectivity index (χ0n) is 21.5. The van der Waals surface area contributed by atoms with Gasteiger partial charge < -0.3 is 24.6 Å². The van der Waals surface area contributed by atoms with Crippen LogP contribution in [0.4, 0.5) is 23.5 Å². The number of hydrogen-bond acceptors (Lipinski definition) is 11. The molecule has 0 amide bonds. The number of nitrogens with one attached hydrogen (secondary N) is 1. The van der Waals surface area contributed by atoms with Gasteiger partial charge in [-0.05, 0) is 11.1 Å². The third kappa shape index (κ3) is 7.20. The molecule has 0 unspecified atom stereocenters. The molecule has 1 N–H and O–H groups in total. The summed E-state index contributed by atoms with van der Waals surface area (Å²) < 4.78 is 11.6. The van der Waals surface area contributed by atoms with E-state index < -0.39 is 0 Å². The lowest BCUT2D eigenvalue weighted by atomic mass is 10.1. The van der Waals surface area contributed by atoms with Crippen molar-refractivity contribution < 1.29 is 9.47 Å². The molecule has 1 aromatic carbocycles. The van der Waals surface area contributed by atoms with Crippen LogP contribution in [-0.4, -0.2) is 87.3 Å². The second-order valence-corrected chi connectivity index (χ2v) is 8.89. The number of anilines is 4. The molecule has 0 spiro atoms. The predicted molar refractivity (Wildman–Crippen MR) is 144 cm³/mol. The van der Waals surface area contributed by atoms with Gasteiger partial charge in [0, 0.05) is 58.2 Å². The Kier molecular flexibility index (Phi) is 8.64. The molecule has 3 aromatic heterocycles. The molecule has 198 valence electrons. The first-order valence-electron chi connectivity index (χ1n) is 12.7. The van der Waals surface area contributed by atoms with Gasteiger partial charge >= 0.3 is 0 Å². The fourth-order valence-corrected chi connectivity index (χ4v) is 4.10. The number of ether oxygens (including phenoxy) is 2. The first kappa shape index (κ1) is 25.5. The zero-order valence-corrected chi connectivity index (χ0v) is 21.5.